The molecule has 0 spiro atoms. The minimum atomic E-state index is -0.431. The van der Waals surface area contributed by atoms with Crippen molar-refractivity contribution in [3.8, 4) is 5.75 Å². The molecule has 2 nitrogen and oxygen atoms in total. The van der Waals surface area contributed by atoms with Gasteiger partial charge in [0.2, 0.25) is 0 Å². The lowest BCUT2D eigenvalue weighted by molar-refractivity contribution is 0.100. The van der Waals surface area contributed by atoms with Crippen LogP contribution in [0.4, 0.5) is 0 Å². The van der Waals surface area contributed by atoms with Crippen molar-refractivity contribution in [3.63, 3.8) is 0 Å². The first-order valence-corrected chi connectivity index (χ1v) is 6.38. The third-order valence-corrected chi connectivity index (χ3v) is 3.73. The number of rotatable bonds is 5. The van der Waals surface area contributed by atoms with Crippen LogP contribution in [0.25, 0.3) is 0 Å². The summed E-state index contributed by atoms with van der Waals surface area (Å²) < 4.78 is 5.46. The first kappa shape index (κ1) is 14.0. The SMILES string of the molecule is CCC(CC)C(O)c1ccc(C)c(C)c1OC. The van der Waals surface area contributed by atoms with E-state index in [0.717, 1.165) is 29.7 Å². The van der Waals surface area contributed by atoms with Gasteiger partial charge in [-0.05, 0) is 30.9 Å². The van der Waals surface area contributed by atoms with Crippen LogP contribution in [0.2, 0.25) is 0 Å². The molecule has 0 aliphatic rings. The van der Waals surface area contributed by atoms with E-state index < -0.39 is 6.10 Å². The van der Waals surface area contributed by atoms with Crippen molar-refractivity contribution in [2.45, 2.75) is 46.6 Å². The highest BCUT2D eigenvalue weighted by Crippen LogP contribution is 2.36. The predicted molar refractivity (Wildman–Crippen MR) is 71.5 cm³/mol. The Kier molecular flexibility index (Phi) is 5.01. The van der Waals surface area contributed by atoms with Crippen molar-refractivity contribution in [1.29, 1.82) is 0 Å². The molecule has 0 saturated heterocycles. The Labute approximate surface area is 105 Å². The predicted octanol–water partition coefficient (Wildman–Crippen LogP) is 3.78. The molecule has 0 bridgehead atoms. The van der Waals surface area contributed by atoms with Crippen LogP contribution in [-0.4, -0.2) is 12.2 Å². The summed E-state index contributed by atoms with van der Waals surface area (Å²) >= 11 is 0. The van der Waals surface area contributed by atoms with E-state index in [1.165, 1.54) is 5.56 Å². The fourth-order valence-electron chi connectivity index (χ4n) is 2.30. The van der Waals surface area contributed by atoms with E-state index in [-0.39, 0.29) is 0 Å². The molecule has 1 unspecified atom stereocenters. The number of methoxy groups -OCH3 is 1. The topological polar surface area (TPSA) is 29.5 Å². The summed E-state index contributed by atoms with van der Waals surface area (Å²) in [7, 11) is 1.67. The van der Waals surface area contributed by atoms with Gasteiger partial charge in [-0.25, -0.2) is 0 Å². The zero-order valence-electron chi connectivity index (χ0n) is 11.6. The number of aliphatic hydroxyl groups excluding tert-OH is 1. The first-order chi connectivity index (χ1) is 8.06. The zero-order chi connectivity index (χ0) is 13.0. The van der Waals surface area contributed by atoms with Gasteiger partial charge in [0.15, 0.2) is 0 Å². The van der Waals surface area contributed by atoms with Gasteiger partial charge in [-0.1, -0.05) is 38.8 Å². The maximum Gasteiger partial charge on any atom is 0.127 e. The monoisotopic (exact) mass is 236 g/mol. The molecule has 1 N–H and O–H groups in total. The highest BCUT2D eigenvalue weighted by Gasteiger charge is 2.22. The summed E-state index contributed by atoms with van der Waals surface area (Å²) in [5.41, 5.74) is 3.24. The van der Waals surface area contributed by atoms with Gasteiger partial charge in [-0.15, -0.1) is 0 Å². The molecule has 0 fully saturated rings. The van der Waals surface area contributed by atoms with Crippen LogP contribution >= 0.6 is 0 Å². The van der Waals surface area contributed by atoms with Crippen LogP contribution in [0.1, 0.15) is 49.5 Å². The molecule has 1 aromatic rings. The van der Waals surface area contributed by atoms with E-state index in [9.17, 15) is 5.11 Å². The number of benzene rings is 1. The van der Waals surface area contributed by atoms with Gasteiger partial charge in [-0.2, -0.15) is 0 Å². The van der Waals surface area contributed by atoms with Crippen LogP contribution in [-0.2, 0) is 0 Å². The number of hydrogen-bond acceptors (Lipinski definition) is 2. The summed E-state index contributed by atoms with van der Waals surface area (Å²) in [6.45, 7) is 8.33. The van der Waals surface area contributed by atoms with Crippen molar-refractivity contribution in [2.24, 2.45) is 5.92 Å². The maximum absolute atomic E-state index is 10.4. The molecule has 2 heteroatoms. The van der Waals surface area contributed by atoms with Gasteiger partial charge in [0.25, 0.3) is 0 Å². The Morgan fingerprint density at radius 2 is 1.76 bits per heavy atom. The summed E-state index contributed by atoms with van der Waals surface area (Å²) in [6, 6.07) is 4.04. The largest absolute Gasteiger partial charge is 0.496 e. The van der Waals surface area contributed by atoms with Gasteiger partial charge in [0.05, 0.1) is 13.2 Å². The summed E-state index contributed by atoms with van der Waals surface area (Å²) in [5.74, 6) is 1.13. The second-order valence-corrected chi connectivity index (χ2v) is 4.65. The van der Waals surface area contributed by atoms with Crippen molar-refractivity contribution in [3.05, 3.63) is 28.8 Å². The zero-order valence-corrected chi connectivity index (χ0v) is 11.6. The Bertz CT molecular complexity index is 367. The van der Waals surface area contributed by atoms with E-state index in [1.807, 2.05) is 13.0 Å². The van der Waals surface area contributed by atoms with Crippen molar-refractivity contribution < 1.29 is 9.84 Å². The molecule has 17 heavy (non-hydrogen) atoms. The highest BCUT2D eigenvalue weighted by atomic mass is 16.5. The molecule has 0 saturated carbocycles. The van der Waals surface area contributed by atoms with Gasteiger partial charge in [0.1, 0.15) is 5.75 Å². The molecule has 96 valence electrons. The Morgan fingerprint density at radius 3 is 2.24 bits per heavy atom. The van der Waals surface area contributed by atoms with E-state index in [4.69, 9.17) is 4.74 Å². The summed E-state index contributed by atoms with van der Waals surface area (Å²) in [6.07, 6.45) is 1.53. The Morgan fingerprint density at radius 1 is 1.18 bits per heavy atom. The first-order valence-electron chi connectivity index (χ1n) is 6.38. The number of aryl methyl sites for hydroxylation is 1. The van der Waals surface area contributed by atoms with Crippen LogP contribution < -0.4 is 4.74 Å². The lowest BCUT2D eigenvalue weighted by atomic mass is 9.89. The third-order valence-electron chi connectivity index (χ3n) is 3.73. The number of ether oxygens (including phenoxy) is 1. The molecular formula is C15H24O2. The smallest absolute Gasteiger partial charge is 0.127 e. The highest BCUT2D eigenvalue weighted by molar-refractivity contribution is 5.46. The van der Waals surface area contributed by atoms with Crippen molar-refractivity contribution in [1.82, 2.24) is 0 Å². The molecule has 1 aromatic carbocycles. The second-order valence-electron chi connectivity index (χ2n) is 4.65. The van der Waals surface area contributed by atoms with Crippen LogP contribution in [0.15, 0.2) is 12.1 Å². The summed E-state index contributed by atoms with van der Waals surface area (Å²) in [5, 5.41) is 10.4. The van der Waals surface area contributed by atoms with Crippen molar-refractivity contribution in [2.75, 3.05) is 7.11 Å². The molecule has 1 atom stereocenters. The average Bonchev–Trinajstić information content (AvgIpc) is 2.33. The molecular weight excluding hydrogens is 212 g/mol. The second kappa shape index (κ2) is 6.06. The Hall–Kier alpha value is -1.02. The van der Waals surface area contributed by atoms with E-state index in [0.29, 0.717) is 5.92 Å². The Balaban J connectivity index is 3.17. The minimum Gasteiger partial charge on any atom is -0.496 e. The quantitative estimate of drug-likeness (QED) is 0.843. The number of hydrogen-bond donors (Lipinski definition) is 1. The summed E-state index contributed by atoms with van der Waals surface area (Å²) in [4.78, 5) is 0. The van der Waals surface area contributed by atoms with Gasteiger partial charge >= 0.3 is 0 Å². The van der Waals surface area contributed by atoms with E-state index in [2.05, 4.69) is 26.8 Å². The standard InChI is InChI=1S/C15H24O2/c1-6-12(7-2)14(16)13-9-8-10(3)11(4)15(13)17-5/h8-9,12,14,16H,6-7H2,1-5H3. The normalized spacial score (nSPS) is 12.9. The van der Waals surface area contributed by atoms with Crippen LogP contribution in [0, 0.1) is 19.8 Å². The van der Waals surface area contributed by atoms with Gasteiger partial charge < -0.3 is 9.84 Å². The number of aliphatic hydroxyl groups is 1. The third kappa shape index (κ3) is 2.81. The fraction of sp³-hybridized carbons (Fsp3) is 0.600. The van der Waals surface area contributed by atoms with Crippen LogP contribution in [0.3, 0.4) is 0 Å². The average molecular weight is 236 g/mol. The fourth-order valence-corrected chi connectivity index (χ4v) is 2.30. The molecule has 0 radical (unpaired) electrons. The van der Waals surface area contributed by atoms with Gasteiger partial charge in [0, 0.05) is 5.56 Å². The lowest BCUT2D eigenvalue weighted by Crippen LogP contribution is -2.12. The molecule has 0 amide bonds. The molecule has 0 aromatic heterocycles. The van der Waals surface area contributed by atoms with Crippen LogP contribution in [0.5, 0.6) is 5.75 Å². The van der Waals surface area contributed by atoms with Crippen molar-refractivity contribution >= 4 is 0 Å². The van der Waals surface area contributed by atoms with Gasteiger partial charge in [-0.3, -0.25) is 0 Å². The minimum absolute atomic E-state index is 0.297. The molecule has 0 aliphatic heterocycles. The molecule has 1 rings (SSSR count). The lowest BCUT2D eigenvalue weighted by Gasteiger charge is -2.23. The molecule has 0 aliphatic carbocycles. The van der Waals surface area contributed by atoms with E-state index >= 15 is 0 Å². The maximum atomic E-state index is 10.4. The molecule has 0 heterocycles. The van der Waals surface area contributed by atoms with E-state index in [1.54, 1.807) is 7.11 Å².